The molecule has 3 aliphatic rings. The number of phenolic OH excluding ortho intramolecular Hbond substituents is 2. The number of halogens is 5. The van der Waals surface area contributed by atoms with Crippen LogP contribution in [0.4, 0.5) is 20.3 Å². The lowest BCUT2D eigenvalue weighted by Gasteiger charge is -2.18. The van der Waals surface area contributed by atoms with Gasteiger partial charge in [0, 0.05) is 102 Å². The summed E-state index contributed by atoms with van der Waals surface area (Å²) >= 11 is 4.64. The quantitative estimate of drug-likeness (QED) is 0.00751. The van der Waals surface area contributed by atoms with Gasteiger partial charge < -0.3 is 148 Å². The molecular formula is C91H121Cl5N18O26. The van der Waals surface area contributed by atoms with Crippen LogP contribution in [-0.2, 0) is 57.9 Å². The number of anilines is 1. The van der Waals surface area contributed by atoms with Crippen molar-refractivity contribution in [2.45, 2.75) is 78.5 Å². The third-order valence-corrected chi connectivity index (χ3v) is 17.9. The van der Waals surface area contributed by atoms with Gasteiger partial charge in [-0.2, -0.15) is 0 Å². The third-order valence-electron chi connectivity index (χ3n) is 17.9. The van der Waals surface area contributed by atoms with Crippen molar-refractivity contribution in [3.8, 4) is 46.0 Å². The fourth-order valence-electron chi connectivity index (χ4n) is 11.2. The molecule has 8 aromatic rings. The summed E-state index contributed by atoms with van der Waals surface area (Å²) in [5, 5.41) is 100. The summed E-state index contributed by atoms with van der Waals surface area (Å²) < 4.78 is 46.9. The van der Waals surface area contributed by atoms with Crippen LogP contribution in [0.5, 0.6) is 46.0 Å². The molecule has 3 aliphatic heterocycles. The van der Waals surface area contributed by atoms with Crippen LogP contribution in [-0.4, -0.2) is 273 Å². The largest absolute Gasteiger partial charge is 0.507 e. The number of benzene rings is 7. The molecule has 0 unspecified atom stereocenters. The number of carbonyl (C=O) groups is 10. The Morgan fingerprint density at radius 2 is 0.700 bits per heavy atom. The number of hydrogen-bond acceptors (Lipinski definition) is 36. The molecule has 766 valence electrons. The monoisotopic (exact) mass is 2060 g/mol. The van der Waals surface area contributed by atoms with Crippen LogP contribution in [0.25, 0.3) is 0 Å². The number of ether oxygens (including phenoxy) is 9. The van der Waals surface area contributed by atoms with Gasteiger partial charge in [0.15, 0.2) is 17.9 Å². The van der Waals surface area contributed by atoms with Crippen molar-refractivity contribution in [3.63, 3.8) is 0 Å². The molecule has 0 radical (unpaired) electrons. The standard InChI is InChI=1S/C26H33N5O7.C24H29N5O7.C13H17N3O4.C13H13N3O4.C13H18N2O4.CH3Cl.CH4.4ClH/c1-2-36-24(34)21(31-26(35)38-17-18-7-4-3-5-8-18)16-30-23(33)20-10-9-19(15-22(20)32)37-14-13-29-25-27-11-6-12-28-25;30-20-13-17(35-12-11-27-23-25-9-4-10-26-23)7-8-18(20)21(31)28-14-19(22(32)33)29-24(34)36-15-16-5-2-1-3-6-16;2*17-11-8-9(2-3-10(11)12(18)19)20-7-6-16-13-14-4-1-5-15-13;1-2-18-12(16)11(8-14)15-13(17)19-9-10-6-4-3-5-7-10;1-2;;;;;/h3-5,7-10,15,21,32H,2,6,11-14,16-17H2,1H3,(H,30,33)(H,31,35)(H2,27,28,29);1-3,5-8,13,19,30H,4,9-12,14-15H2,(H,28,31)(H,29,34)(H,32,33)(H2,25,26,27);2-3,8,17H,1,4-7H2,(H,18,19)(H2,14,15,16);1-5,8,17H,6-7H2,(H,18,19)(H,14,15,16);3-7,11H,2,8-9,14H2,1H3,(H,15,17);1H3;1H4;4*1H/t21-;19-;;;11-;;;;;;/m00..0....../s1. The molecule has 4 heterocycles. The van der Waals surface area contributed by atoms with Crippen LogP contribution in [0.2, 0.25) is 0 Å². The van der Waals surface area contributed by atoms with Gasteiger partial charge in [0.05, 0.1) is 50.5 Å². The normalized spacial score (nSPS) is 12.1. The van der Waals surface area contributed by atoms with E-state index in [9.17, 15) is 73.5 Å². The lowest BCUT2D eigenvalue weighted by molar-refractivity contribution is -0.146. The van der Waals surface area contributed by atoms with Crippen molar-refractivity contribution in [1.29, 1.82) is 0 Å². The Balaban J connectivity index is 0.000000890. The second-order valence-electron chi connectivity index (χ2n) is 27.8. The second kappa shape index (κ2) is 71.6. The number of carboxylic acid groups (broad SMARTS) is 3. The molecule has 44 nitrogen and oxygen atoms in total. The van der Waals surface area contributed by atoms with E-state index in [0.717, 1.165) is 93.1 Å². The smallest absolute Gasteiger partial charge is 0.408 e. The van der Waals surface area contributed by atoms with Crippen LogP contribution in [0.3, 0.4) is 0 Å². The number of esters is 2. The molecule has 0 spiro atoms. The lowest BCUT2D eigenvalue weighted by Crippen LogP contribution is -2.49. The number of rotatable bonds is 40. The van der Waals surface area contributed by atoms with Crippen LogP contribution < -0.4 is 88.5 Å². The minimum atomic E-state index is -1.43. The van der Waals surface area contributed by atoms with E-state index in [4.69, 9.17) is 58.6 Å². The number of nitrogens with one attached hydrogen (secondary N) is 12. The number of nitrogens with two attached hydrogens (primary N) is 1. The van der Waals surface area contributed by atoms with E-state index in [-0.39, 0.29) is 148 Å². The number of carbonyl (C=O) groups excluding carboxylic acids is 7. The van der Waals surface area contributed by atoms with E-state index < -0.39 is 84.6 Å². The summed E-state index contributed by atoms with van der Waals surface area (Å²) in [6.07, 6.45) is 5.27. The molecule has 1 aromatic heterocycles. The molecule has 0 bridgehead atoms. The maximum Gasteiger partial charge on any atom is 0.408 e. The van der Waals surface area contributed by atoms with Crippen molar-refractivity contribution < 1.29 is 126 Å². The van der Waals surface area contributed by atoms with Crippen LogP contribution in [0.15, 0.2) is 197 Å². The zero-order valence-corrected chi connectivity index (χ0v) is 80.0. The number of aromatic hydroxyl groups is 4. The third kappa shape index (κ3) is 48.7. The predicted molar refractivity (Wildman–Crippen MR) is 530 cm³/mol. The van der Waals surface area contributed by atoms with Gasteiger partial charge in [-0.05, 0) is 104 Å². The summed E-state index contributed by atoms with van der Waals surface area (Å²) in [5.74, 6) is -3.36. The first-order valence-electron chi connectivity index (χ1n) is 42.4. The van der Waals surface area contributed by atoms with Crippen LogP contribution >= 0.6 is 61.2 Å². The van der Waals surface area contributed by atoms with Crippen molar-refractivity contribution in [2.24, 2.45) is 20.7 Å². The Morgan fingerprint density at radius 1 is 0.400 bits per heavy atom. The van der Waals surface area contributed by atoms with Gasteiger partial charge in [0.2, 0.25) is 5.95 Å². The van der Waals surface area contributed by atoms with Crippen molar-refractivity contribution in [3.05, 3.63) is 221 Å². The molecule has 140 heavy (non-hydrogen) atoms. The Labute approximate surface area is 837 Å². The van der Waals surface area contributed by atoms with Gasteiger partial charge in [0.1, 0.15) is 121 Å². The summed E-state index contributed by atoms with van der Waals surface area (Å²) in [5.41, 5.74) is 7.37. The van der Waals surface area contributed by atoms with Crippen molar-refractivity contribution in [2.75, 3.05) is 136 Å². The number of guanidine groups is 3. The Hall–Kier alpha value is -14.9. The molecule has 11 rings (SSSR count). The van der Waals surface area contributed by atoms with E-state index >= 15 is 0 Å². The second-order valence-corrected chi connectivity index (χ2v) is 27.8. The van der Waals surface area contributed by atoms with E-state index in [1.165, 1.54) is 73.1 Å². The first-order chi connectivity index (χ1) is 65.4. The summed E-state index contributed by atoms with van der Waals surface area (Å²) in [4.78, 5) is 138. The summed E-state index contributed by atoms with van der Waals surface area (Å²) in [6, 6.07) is 42.0. The number of aromatic carboxylic acids is 2. The molecule has 0 saturated heterocycles. The Bertz CT molecular complexity index is 5140. The molecule has 0 saturated carbocycles. The first kappa shape index (κ1) is 123. The number of aliphatic carboxylic acids is 1. The Morgan fingerprint density at radius 3 is 0.993 bits per heavy atom. The number of amides is 5. The summed E-state index contributed by atoms with van der Waals surface area (Å²) in [7, 11) is 0. The highest BCUT2D eigenvalue weighted by molar-refractivity contribution is 6.15. The van der Waals surface area contributed by atoms with E-state index in [0.29, 0.717) is 81.6 Å². The SMILES string of the molecule is C.CCOC(=O)[C@H](CN)NC(=O)OCc1ccccc1.CCOC(=O)[C@H](CNC(=O)c1ccc(OCCNC2=NCCCN2)cc1O)NC(=O)OCc1ccccc1.CCl.Cl.Cl.Cl.Cl.O=C(N[C@@H](CNC(=O)c1ccc(OCCNC2=NCCCN2)cc1O)C(=O)O)OCc1ccccc1.O=C(O)c1ccc(OCCNC2=NCCCN2)cc1O.O=C(O)c1ccc(OCCNc2ncccn2)cc1O. The number of hydrogen-bond donors (Lipinski definition) is 20. The summed E-state index contributed by atoms with van der Waals surface area (Å²) in [6.45, 7) is 11.4. The van der Waals surface area contributed by atoms with Crippen molar-refractivity contribution >= 4 is 145 Å². The van der Waals surface area contributed by atoms with Crippen molar-refractivity contribution in [1.82, 2.24) is 68.5 Å². The predicted octanol–water partition coefficient (Wildman–Crippen LogP) is 7.88. The van der Waals surface area contributed by atoms with E-state index in [2.05, 4.69) is 100 Å². The van der Waals surface area contributed by atoms with Gasteiger partial charge in [0.25, 0.3) is 11.8 Å². The number of alkyl halides is 1. The molecule has 7 aromatic carbocycles. The van der Waals surface area contributed by atoms with Gasteiger partial charge in [-0.1, -0.05) is 98.4 Å². The van der Waals surface area contributed by atoms with Gasteiger partial charge in [-0.25, -0.2) is 48.3 Å². The average molecular weight is 2060 g/mol. The molecule has 21 N–H and O–H groups in total. The minimum Gasteiger partial charge on any atom is -0.507 e. The maximum absolute atomic E-state index is 12.7. The van der Waals surface area contributed by atoms with Gasteiger partial charge >= 0.3 is 48.1 Å². The number of carboxylic acids is 3. The molecule has 5 amide bonds. The topological polar surface area (TPSA) is 629 Å². The number of alkyl carbamates (subject to hydrolysis) is 3. The minimum absolute atomic E-state index is 0. The average Bonchev–Trinajstić information content (AvgIpc) is 0.653. The van der Waals surface area contributed by atoms with Crippen LogP contribution in [0, 0.1) is 0 Å². The van der Waals surface area contributed by atoms with E-state index in [1.807, 2.05) is 54.6 Å². The first-order valence-corrected chi connectivity index (χ1v) is 43.1. The number of aromatic nitrogens is 2. The number of aliphatic imine (C=N–C) groups is 3. The highest BCUT2D eigenvalue weighted by Crippen LogP contribution is 2.27. The highest BCUT2D eigenvalue weighted by Gasteiger charge is 2.27. The van der Waals surface area contributed by atoms with Crippen LogP contribution in [0.1, 0.15) is 98.7 Å². The van der Waals surface area contributed by atoms with Gasteiger partial charge in [-0.15, -0.1) is 61.2 Å². The molecule has 0 aliphatic carbocycles. The zero-order chi connectivity index (χ0) is 97.8. The number of phenols is 4. The molecule has 0 fully saturated rings. The zero-order valence-electron chi connectivity index (χ0n) is 75.9. The fraction of sp³-hybridized carbons (Fsp3) is 0.352. The number of nitrogens with zero attached hydrogens (tertiary/aromatic N) is 5. The molecular weight excluding hydrogens is 1940 g/mol. The lowest BCUT2D eigenvalue weighted by atomic mass is 10.1. The van der Waals surface area contributed by atoms with Gasteiger partial charge in [-0.3, -0.25) is 24.6 Å². The fourth-order valence-corrected chi connectivity index (χ4v) is 11.2. The molecule has 49 heteroatoms. The maximum atomic E-state index is 12.7. The molecule has 3 atom stereocenters. The highest BCUT2D eigenvalue weighted by atomic mass is 35.5. The Kier molecular flexibility index (Phi) is 63.0. The van der Waals surface area contributed by atoms with E-state index in [1.54, 1.807) is 74.8 Å².